The van der Waals surface area contributed by atoms with Gasteiger partial charge in [-0.05, 0) is 167 Å². The Morgan fingerprint density at radius 1 is 0.649 bits per heavy atom. The predicted molar refractivity (Wildman–Crippen MR) is 274 cm³/mol. The first-order valence-corrected chi connectivity index (χ1v) is 27.0. The minimum absolute atomic E-state index is 0.00237. The number of aliphatic hydroxyl groups excluding tert-OH is 1. The summed E-state index contributed by atoms with van der Waals surface area (Å²) in [5.74, 6) is 1.23. The standard InChI is InChI=1S/C28H35FN4O4.C23H27FN4O3.C5H8O/c1-18-21(28(34)33-12-4-5-23(27(33)30-18)36-25-6-2-3-16-35-25)11-15-32-13-9-19(10-14-32)26-22-8-7-20(29)17-24(22)37-31-26;1-14-17(23(30)28-9-2-3-19(29)22(28)25-14)8-12-27-10-6-15(7-11-27)21-18-5-4-16(24)13-20(18)31-26-21;1-2-4-6-5-3-1/h7-8,17,19,23,25H,2-6,9-16H2,1H3;4-5,13,15,19,29H,2-3,6-12H2,1H3;2,4H,1,3,5H2. The second kappa shape index (κ2) is 23.9. The van der Waals surface area contributed by atoms with Crippen LogP contribution in [0.3, 0.4) is 0 Å². The second-order valence-electron chi connectivity index (χ2n) is 20.7. The van der Waals surface area contributed by atoms with E-state index in [9.17, 15) is 23.5 Å². The highest BCUT2D eigenvalue weighted by Gasteiger charge is 2.31. The number of hydrogen-bond donors (Lipinski definition) is 1. The Hall–Kier alpha value is -5.66. The van der Waals surface area contributed by atoms with Crippen LogP contribution in [0.15, 0.2) is 67.4 Å². The molecule has 396 valence electrons. The van der Waals surface area contributed by atoms with Gasteiger partial charge >= 0.3 is 0 Å². The Morgan fingerprint density at radius 3 is 1.70 bits per heavy atom. The van der Waals surface area contributed by atoms with Crippen LogP contribution in [-0.2, 0) is 40.1 Å². The molecule has 74 heavy (non-hydrogen) atoms. The Labute approximate surface area is 429 Å². The molecule has 2 aromatic carbocycles. The fourth-order valence-electron chi connectivity index (χ4n) is 11.6. The van der Waals surface area contributed by atoms with Crippen LogP contribution in [0.4, 0.5) is 8.78 Å². The van der Waals surface area contributed by atoms with Gasteiger partial charge in [0.15, 0.2) is 17.5 Å². The monoisotopic (exact) mass is 1020 g/mol. The van der Waals surface area contributed by atoms with Crippen molar-refractivity contribution in [2.24, 2.45) is 0 Å². The van der Waals surface area contributed by atoms with Gasteiger partial charge in [-0.3, -0.25) is 18.7 Å². The average Bonchev–Trinajstić information content (AvgIpc) is 4.05. The number of rotatable bonds is 10. The summed E-state index contributed by atoms with van der Waals surface area (Å²) in [4.78, 5) is 40.6. The molecule has 3 fully saturated rings. The van der Waals surface area contributed by atoms with Crippen molar-refractivity contribution in [2.45, 2.75) is 154 Å². The maximum absolute atomic E-state index is 13.5. The summed E-state index contributed by atoms with van der Waals surface area (Å²) in [6.45, 7) is 12.1. The number of piperidine rings is 2. The van der Waals surface area contributed by atoms with Gasteiger partial charge in [0, 0.05) is 90.0 Å². The van der Waals surface area contributed by atoms with E-state index in [0.29, 0.717) is 61.2 Å². The molecule has 0 spiro atoms. The molecule has 0 bridgehead atoms. The molecule has 3 unspecified atom stereocenters. The highest BCUT2D eigenvalue weighted by molar-refractivity contribution is 5.80. The van der Waals surface area contributed by atoms with Crippen molar-refractivity contribution < 1.29 is 37.1 Å². The Morgan fingerprint density at radius 2 is 1.20 bits per heavy atom. The second-order valence-corrected chi connectivity index (χ2v) is 20.7. The van der Waals surface area contributed by atoms with Crippen molar-refractivity contribution in [3.63, 3.8) is 0 Å². The largest absolute Gasteiger partial charge is 0.502 e. The first kappa shape index (κ1) is 51.8. The van der Waals surface area contributed by atoms with Crippen LogP contribution in [0.1, 0.15) is 153 Å². The normalized spacial score (nSPS) is 21.8. The molecule has 6 aromatic rings. The zero-order valence-corrected chi connectivity index (χ0v) is 42.8. The lowest BCUT2D eigenvalue weighted by molar-refractivity contribution is -0.195. The number of ether oxygens (including phenoxy) is 3. The predicted octanol–water partition coefficient (Wildman–Crippen LogP) is 9.02. The molecular weight excluding hydrogens is 951 g/mol. The van der Waals surface area contributed by atoms with Crippen molar-refractivity contribution in [3.8, 4) is 0 Å². The Balaban J connectivity index is 0.000000154. The Kier molecular flexibility index (Phi) is 16.7. The minimum Gasteiger partial charge on any atom is -0.502 e. The molecule has 0 radical (unpaired) electrons. The van der Waals surface area contributed by atoms with Crippen LogP contribution in [0.25, 0.3) is 21.9 Å². The summed E-state index contributed by atoms with van der Waals surface area (Å²) in [6, 6.07) is 9.20. The summed E-state index contributed by atoms with van der Waals surface area (Å²) < 4.78 is 58.0. The number of nitrogens with zero attached hydrogens (tertiary/aromatic N) is 8. The zero-order valence-electron chi connectivity index (χ0n) is 42.8. The van der Waals surface area contributed by atoms with E-state index in [-0.39, 0.29) is 35.1 Å². The van der Waals surface area contributed by atoms with Crippen molar-refractivity contribution in [1.29, 1.82) is 0 Å². The van der Waals surface area contributed by atoms with Crippen molar-refractivity contribution in [1.82, 2.24) is 39.2 Å². The molecule has 6 aliphatic rings. The fraction of sp³-hybridized carbons (Fsp3) is 0.571. The fourth-order valence-corrected chi connectivity index (χ4v) is 11.6. The van der Waals surface area contributed by atoms with Gasteiger partial charge in [-0.2, -0.15) is 0 Å². The first-order valence-electron chi connectivity index (χ1n) is 27.0. The molecule has 0 amide bonds. The van der Waals surface area contributed by atoms with E-state index < -0.39 is 6.10 Å². The van der Waals surface area contributed by atoms with Crippen molar-refractivity contribution in [2.75, 3.05) is 52.5 Å². The summed E-state index contributed by atoms with van der Waals surface area (Å²) in [5.41, 5.74) is 6.04. The third kappa shape index (κ3) is 11.9. The van der Waals surface area contributed by atoms with Crippen molar-refractivity contribution in [3.05, 3.63) is 127 Å². The number of likely N-dealkylation sites (tertiary alicyclic amines) is 2. The third-order valence-corrected chi connectivity index (χ3v) is 15.8. The molecule has 1 N–H and O–H groups in total. The van der Waals surface area contributed by atoms with E-state index in [2.05, 4.69) is 25.1 Å². The van der Waals surface area contributed by atoms with Gasteiger partial charge in [0.2, 0.25) is 0 Å². The van der Waals surface area contributed by atoms with Crippen molar-refractivity contribution >= 4 is 21.9 Å². The SMILES string of the molecule is C1=COCCC1.Cc1nc2n(c(=O)c1CCN1CCC(c3noc4cc(F)ccc34)CC1)CCCC2O.Cc1nc2n(c(=O)c1CCN1CCC(c3noc4cc(F)ccc34)CC1)CCCC2OC1CCCCO1. The van der Waals surface area contributed by atoms with Gasteiger partial charge in [-0.15, -0.1) is 0 Å². The molecule has 0 aliphatic carbocycles. The number of allylic oxidation sites excluding steroid dienone is 1. The topological polar surface area (TPSA) is 176 Å². The molecule has 10 heterocycles. The molecule has 3 atom stereocenters. The highest BCUT2D eigenvalue weighted by Crippen LogP contribution is 2.35. The van der Waals surface area contributed by atoms with E-state index in [0.717, 1.165) is 167 Å². The van der Waals surface area contributed by atoms with Crippen LogP contribution in [0.2, 0.25) is 0 Å². The third-order valence-electron chi connectivity index (χ3n) is 15.8. The van der Waals surface area contributed by atoms with Crippen LogP contribution in [-0.4, -0.2) is 103 Å². The molecule has 0 saturated carbocycles. The van der Waals surface area contributed by atoms with Gasteiger partial charge in [-0.25, -0.2) is 18.7 Å². The quantitative estimate of drug-likeness (QED) is 0.138. The average molecular weight is 1020 g/mol. The van der Waals surface area contributed by atoms with Crippen LogP contribution in [0, 0.1) is 25.5 Å². The summed E-state index contributed by atoms with van der Waals surface area (Å²) in [5, 5.41) is 20.4. The smallest absolute Gasteiger partial charge is 0.257 e. The lowest BCUT2D eigenvalue weighted by atomic mass is 9.91. The molecule has 16 nitrogen and oxygen atoms in total. The van der Waals surface area contributed by atoms with E-state index in [4.69, 9.17) is 28.2 Å². The summed E-state index contributed by atoms with van der Waals surface area (Å²) in [7, 11) is 0. The lowest BCUT2D eigenvalue weighted by Crippen LogP contribution is -2.38. The number of hydrogen-bond acceptors (Lipinski definition) is 14. The Bertz CT molecular complexity index is 3010. The highest BCUT2D eigenvalue weighted by atomic mass is 19.1. The minimum atomic E-state index is -0.641. The summed E-state index contributed by atoms with van der Waals surface area (Å²) in [6.07, 6.45) is 16.7. The van der Waals surface area contributed by atoms with Gasteiger partial charge in [0.05, 0.1) is 24.3 Å². The number of fused-ring (bicyclic) bond motifs is 4. The van der Waals surface area contributed by atoms with E-state index in [1.807, 2.05) is 24.5 Å². The number of benzene rings is 2. The number of aryl methyl sites for hydroxylation is 2. The molecule has 12 rings (SSSR count). The molecule has 18 heteroatoms. The van der Waals surface area contributed by atoms with E-state index in [1.165, 1.54) is 37.1 Å². The van der Waals surface area contributed by atoms with Crippen LogP contribution in [0.5, 0.6) is 0 Å². The van der Waals surface area contributed by atoms with Gasteiger partial charge in [0.25, 0.3) is 11.1 Å². The van der Waals surface area contributed by atoms with E-state index in [1.54, 1.807) is 23.0 Å². The zero-order chi connectivity index (χ0) is 51.1. The lowest BCUT2D eigenvalue weighted by Gasteiger charge is -2.32. The summed E-state index contributed by atoms with van der Waals surface area (Å²) >= 11 is 0. The number of halogens is 2. The maximum Gasteiger partial charge on any atom is 0.257 e. The maximum atomic E-state index is 13.5. The molecule has 6 aliphatic heterocycles. The van der Waals surface area contributed by atoms with Gasteiger partial charge < -0.3 is 38.2 Å². The first-order chi connectivity index (χ1) is 36.1. The van der Waals surface area contributed by atoms with E-state index >= 15 is 0 Å². The van der Waals surface area contributed by atoms with Crippen LogP contribution < -0.4 is 11.1 Å². The van der Waals surface area contributed by atoms with Gasteiger partial charge in [-0.1, -0.05) is 10.3 Å². The molecule has 4 aromatic heterocycles. The molecule has 3 saturated heterocycles. The molecular formula is C56H70F2N8O8. The number of aromatic nitrogens is 6. The van der Waals surface area contributed by atoms with Gasteiger partial charge in [0.1, 0.15) is 35.5 Å². The van der Waals surface area contributed by atoms with Crippen LogP contribution >= 0.6 is 0 Å². The number of aliphatic hydroxyl groups is 1.